The van der Waals surface area contributed by atoms with E-state index in [1.54, 1.807) is 6.08 Å². The van der Waals surface area contributed by atoms with Crippen molar-refractivity contribution in [1.29, 1.82) is 5.26 Å². The van der Waals surface area contributed by atoms with Crippen LogP contribution in [0.15, 0.2) is 18.2 Å². The second-order valence-corrected chi connectivity index (χ2v) is 7.44. The monoisotopic (exact) mass is 267 g/mol. The highest BCUT2D eigenvalue weighted by Crippen LogP contribution is 2.47. The molecule has 0 heterocycles. The molecule has 2 rings (SSSR count). The lowest BCUT2D eigenvalue weighted by molar-refractivity contribution is 0.331. The molecule has 1 aromatic carbocycles. The first-order chi connectivity index (χ1) is 9.19. The SMILES string of the molecule is CC(=CC#N)c1cc2c(cc1C)C(C)(C)CCC2(C)C. The summed E-state index contributed by atoms with van der Waals surface area (Å²) in [6.07, 6.45) is 4.10. The molecule has 0 aromatic heterocycles. The van der Waals surface area contributed by atoms with Crippen molar-refractivity contribution in [1.82, 2.24) is 0 Å². The lowest BCUT2D eigenvalue weighted by atomic mass is 9.62. The fraction of sp³-hybridized carbons (Fsp3) is 0.526. The zero-order chi connectivity index (χ0) is 15.1. The van der Waals surface area contributed by atoms with Crippen LogP contribution >= 0.6 is 0 Å². The molecule has 0 bridgehead atoms. The average molecular weight is 267 g/mol. The summed E-state index contributed by atoms with van der Waals surface area (Å²) in [5.41, 5.74) is 6.97. The number of hydrogen-bond acceptors (Lipinski definition) is 1. The van der Waals surface area contributed by atoms with Crippen LogP contribution in [-0.4, -0.2) is 0 Å². The second-order valence-electron chi connectivity index (χ2n) is 7.44. The molecule has 1 nitrogen and oxygen atoms in total. The summed E-state index contributed by atoms with van der Waals surface area (Å²) < 4.78 is 0. The minimum absolute atomic E-state index is 0.222. The molecule has 0 spiro atoms. The van der Waals surface area contributed by atoms with E-state index >= 15 is 0 Å². The first-order valence-electron chi connectivity index (χ1n) is 7.41. The van der Waals surface area contributed by atoms with Gasteiger partial charge in [-0.1, -0.05) is 39.8 Å². The van der Waals surface area contributed by atoms with Crippen LogP contribution in [0.2, 0.25) is 0 Å². The van der Waals surface area contributed by atoms with Crippen LogP contribution in [0.5, 0.6) is 0 Å². The van der Waals surface area contributed by atoms with Gasteiger partial charge in [0.25, 0.3) is 0 Å². The van der Waals surface area contributed by atoms with Gasteiger partial charge in [-0.05, 0) is 65.3 Å². The van der Waals surface area contributed by atoms with Crippen LogP contribution in [0.1, 0.15) is 69.7 Å². The average Bonchev–Trinajstić information content (AvgIpc) is 2.35. The molecule has 0 saturated carbocycles. The maximum absolute atomic E-state index is 8.89. The third kappa shape index (κ3) is 2.40. The van der Waals surface area contributed by atoms with E-state index in [9.17, 15) is 0 Å². The minimum atomic E-state index is 0.222. The summed E-state index contributed by atoms with van der Waals surface area (Å²) in [6.45, 7) is 13.5. The van der Waals surface area contributed by atoms with E-state index < -0.39 is 0 Å². The second kappa shape index (κ2) is 4.77. The summed E-state index contributed by atoms with van der Waals surface area (Å²) in [5.74, 6) is 0. The van der Waals surface area contributed by atoms with Crippen LogP contribution in [0.25, 0.3) is 5.57 Å². The Balaban J connectivity index is 2.71. The van der Waals surface area contributed by atoms with Gasteiger partial charge >= 0.3 is 0 Å². The Morgan fingerprint density at radius 2 is 1.60 bits per heavy atom. The first-order valence-corrected chi connectivity index (χ1v) is 7.41. The molecule has 0 aliphatic heterocycles. The quantitative estimate of drug-likeness (QED) is 0.636. The van der Waals surface area contributed by atoms with E-state index in [1.165, 1.54) is 35.1 Å². The molecule has 0 atom stereocenters. The molecule has 0 fully saturated rings. The van der Waals surface area contributed by atoms with Crippen LogP contribution in [0.3, 0.4) is 0 Å². The fourth-order valence-electron chi connectivity index (χ4n) is 3.32. The Bertz CT molecular complexity index is 609. The number of aryl methyl sites for hydroxylation is 1. The van der Waals surface area contributed by atoms with Gasteiger partial charge in [0, 0.05) is 6.08 Å². The van der Waals surface area contributed by atoms with Crippen molar-refractivity contribution in [3.8, 4) is 6.07 Å². The van der Waals surface area contributed by atoms with Gasteiger partial charge in [-0.2, -0.15) is 5.26 Å². The molecule has 0 radical (unpaired) electrons. The van der Waals surface area contributed by atoms with Crippen molar-refractivity contribution in [3.63, 3.8) is 0 Å². The Labute approximate surface area is 123 Å². The van der Waals surface area contributed by atoms with Gasteiger partial charge in [-0.25, -0.2) is 0 Å². The molecule has 1 heteroatoms. The topological polar surface area (TPSA) is 23.8 Å². The minimum Gasteiger partial charge on any atom is -0.193 e. The zero-order valence-electron chi connectivity index (χ0n) is 13.6. The smallest absolute Gasteiger partial charge is 0.0915 e. The van der Waals surface area contributed by atoms with Crippen molar-refractivity contribution in [2.75, 3.05) is 0 Å². The molecule has 0 saturated heterocycles. The standard InChI is InChI=1S/C19H25N/c1-13(7-10-20)15-12-17-16(11-14(15)2)18(3,4)8-9-19(17,5)6/h7,11-12H,8-9H2,1-6H3. The number of nitriles is 1. The zero-order valence-corrected chi connectivity index (χ0v) is 13.6. The Hall–Kier alpha value is -1.55. The molecular weight excluding hydrogens is 242 g/mol. The van der Waals surface area contributed by atoms with Crippen LogP contribution in [-0.2, 0) is 10.8 Å². The third-order valence-electron chi connectivity index (χ3n) is 4.90. The van der Waals surface area contributed by atoms with E-state index in [1.807, 2.05) is 6.92 Å². The van der Waals surface area contributed by atoms with Gasteiger partial charge in [-0.3, -0.25) is 0 Å². The van der Waals surface area contributed by atoms with Gasteiger partial charge in [0.05, 0.1) is 6.07 Å². The number of hydrogen-bond donors (Lipinski definition) is 0. The predicted molar refractivity (Wildman–Crippen MR) is 85.7 cm³/mol. The van der Waals surface area contributed by atoms with Gasteiger partial charge < -0.3 is 0 Å². The highest BCUT2D eigenvalue weighted by molar-refractivity contribution is 5.70. The molecule has 1 aromatic rings. The van der Waals surface area contributed by atoms with Gasteiger partial charge in [0.1, 0.15) is 0 Å². The van der Waals surface area contributed by atoms with Gasteiger partial charge in [0.15, 0.2) is 0 Å². The van der Waals surface area contributed by atoms with Gasteiger partial charge in [0.2, 0.25) is 0 Å². The summed E-state index contributed by atoms with van der Waals surface area (Å²) >= 11 is 0. The van der Waals surface area contributed by atoms with Crippen LogP contribution in [0, 0.1) is 18.3 Å². The number of benzene rings is 1. The maximum Gasteiger partial charge on any atom is 0.0915 e. The van der Waals surface area contributed by atoms with E-state index in [0.29, 0.717) is 0 Å². The first kappa shape index (κ1) is 14.9. The Kier molecular flexibility index (Phi) is 3.54. The van der Waals surface area contributed by atoms with E-state index in [2.05, 4.69) is 52.8 Å². The van der Waals surface area contributed by atoms with E-state index in [0.717, 1.165) is 5.57 Å². The molecule has 106 valence electrons. The van der Waals surface area contributed by atoms with Crippen molar-refractivity contribution in [2.24, 2.45) is 0 Å². The lowest BCUT2D eigenvalue weighted by Gasteiger charge is -2.42. The highest BCUT2D eigenvalue weighted by atomic mass is 14.4. The van der Waals surface area contributed by atoms with E-state index in [4.69, 9.17) is 5.26 Å². The molecule has 1 aliphatic rings. The number of allylic oxidation sites excluding steroid dienone is 2. The van der Waals surface area contributed by atoms with Crippen molar-refractivity contribution in [3.05, 3.63) is 40.5 Å². The summed E-state index contributed by atoms with van der Waals surface area (Å²) in [7, 11) is 0. The van der Waals surface area contributed by atoms with E-state index in [-0.39, 0.29) is 10.8 Å². The van der Waals surface area contributed by atoms with Crippen molar-refractivity contribution in [2.45, 2.75) is 65.2 Å². The van der Waals surface area contributed by atoms with Crippen molar-refractivity contribution >= 4 is 5.57 Å². The summed E-state index contributed by atoms with van der Waals surface area (Å²) in [4.78, 5) is 0. The number of nitrogens with zero attached hydrogens (tertiary/aromatic N) is 1. The molecule has 0 unspecified atom stereocenters. The Morgan fingerprint density at radius 3 is 2.10 bits per heavy atom. The predicted octanol–water partition coefficient (Wildman–Crippen LogP) is 5.27. The lowest BCUT2D eigenvalue weighted by Crippen LogP contribution is -2.34. The largest absolute Gasteiger partial charge is 0.193 e. The molecule has 1 aliphatic carbocycles. The third-order valence-corrected chi connectivity index (χ3v) is 4.90. The number of fused-ring (bicyclic) bond motifs is 1. The summed E-state index contributed by atoms with van der Waals surface area (Å²) in [6, 6.07) is 6.82. The highest BCUT2D eigenvalue weighted by Gasteiger charge is 2.37. The maximum atomic E-state index is 8.89. The summed E-state index contributed by atoms with van der Waals surface area (Å²) in [5, 5.41) is 8.89. The van der Waals surface area contributed by atoms with Gasteiger partial charge in [-0.15, -0.1) is 0 Å². The Morgan fingerprint density at radius 1 is 1.10 bits per heavy atom. The molecular formula is C19H25N. The van der Waals surface area contributed by atoms with Crippen LogP contribution < -0.4 is 0 Å². The molecule has 0 amide bonds. The number of rotatable bonds is 1. The fourth-order valence-corrected chi connectivity index (χ4v) is 3.32. The molecule has 20 heavy (non-hydrogen) atoms. The normalized spacial score (nSPS) is 20.1. The van der Waals surface area contributed by atoms with Crippen molar-refractivity contribution < 1.29 is 0 Å². The van der Waals surface area contributed by atoms with Crippen LogP contribution in [0.4, 0.5) is 0 Å². The molecule has 0 N–H and O–H groups in total.